The maximum Gasteiger partial charge on any atom is 0.302 e. The Balaban J connectivity index is 2.06. The number of hydrogen-bond acceptors (Lipinski definition) is 14. The number of aromatic nitrogens is 4. The molecule has 0 radical (unpaired) electrons. The van der Waals surface area contributed by atoms with Crippen LogP contribution < -0.4 is 10.9 Å². The number of imidazole rings is 1. The van der Waals surface area contributed by atoms with Gasteiger partial charge < -0.3 is 38.0 Å². The minimum absolute atomic E-state index is 0.0315. The van der Waals surface area contributed by atoms with Gasteiger partial charge in [-0.25, -0.2) is 4.98 Å². The van der Waals surface area contributed by atoms with Gasteiger partial charge in [-0.3, -0.25) is 34.0 Å². The molecular weight excluding hydrogens is 638 g/mol. The minimum Gasteiger partial charge on any atom is -0.463 e. The molecule has 0 unspecified atom stereocenters. The van der Waals surface area contributed by atoms with E-state index >= 15 is 0 Å². The highest BCUT2D eigenvalue weighted by atomic mass is 28.4. The zero-order valence-corrected chi connectivity index (χ0v) is 29.4. The zero-order valence-electron chi connectivity index (χ0n) is 28.4. The topological polar surface area (TPSA) is 212 Å². The fourth-order valence-electron chi connectivity index (χ4n) is 4.23. The van der Waals surface area contributed by atoms with Crippen molar-refractivity contribution in [3.63, 3.8) is 0 Å². The van der Waals surface area contributed by atoms with Crippen LogP contribution in [0, 0.1) is 5.92 Å². The third-order valence-corrected chi connectivity index (χ3v) is 12.2. The molecule has 1 fully saturated rings. The first-order valence-electron chi connectivity index (χ1n) is 15.3. The fourth-order valence-corrected chi connectivity index (χ4v) is 5.55. The number of rotatable bonds is 16. The molecule has 3 N–H and O–H groups in total. The van der Waals surface area contributed by atoms with Gasteiger partial charge in [0, 0.05) is 19.8 Å². The monoisotopic (exact) mass is 685 g/mol. The summed E-state index contributed by atoms with van der Waals surface area (Å²) in [6, 6.07) is 0. The van der Waals surface area contributed by atoms with Crippen LogP contribution in [0.3, 0.4) is 0 Å². The molecule has 1 aliphatic rings. The second kappa shape index (κ2) is 16.2. The van der Waals surface area contributed by atoms with E-state index in [9.17, 15) is 24.3 Å². The molecule has 1 aliphatic heterocycles. The van der Waals surface area contributed by atoms with Crippen molar-refractivity contribution in [3.8, 4) is 0 Å². The summed E-state index contributed by atoms with van der Waals surface area (Å²) in [5.74, 6) is -1.84. The summed E-state index contributed by atoms with van der Waals surface area (Å²) in [6.45, 7) is 13.9. The van der Waals surface area contributed by atoms with Crippen LogP contribution in [0.2, 0.25) is 18.1 Å². The van der Waals surface area contributed by atoms with Crippen LogP contribution >= 0.6 is 0 Å². The molecule has 2 aromatic heterocycles. The van der Waals surface area contributed by atoms with Gasteiger partial charge in [-0.15, -0.1) is 0 Å². The number of carbonyl (C=O) groups excluding carboxylic acids is 3. The van der Waals surface area contributed by atoms with E-state index in [4.69, 9.17) is 32.8 Å². The van der Waals surface area contributed by atoms with Gasteiger partial charge in [0.1, 0.15) is 31.5 Å². The third-order valence-electron chi connectivity index (χ3n) is 7.73. The first-order valence-corrected chi connectivity index (χ1v) is 18.2. The second-order valence-corrected chi connectivity index (χ2v) is 17.5. The summed E-state index contributed by atoms with van der Waals surface area (Å²) in [5.41, 5.74) is -0.563. The lowest BCUT2D eigenvalue weighted by molar-refractivity contribution is -0.320. The number of ether oxygens (including phenoxy) is 6. The van der Waals surface area contributed by atoms with Gasteiger partial charge in [0.15, 0.2) is 25.7 Å². The van der Waals surface area contributed by atoms with E-state index in [1.165, 1.54) is 24.7 Å². The lowest BCUT2D eigenvalue weighted by atomic mass is 10.1. The highest BCUT2D eigenvalue weighted by Crippen LogP contribution is 2.43. The van der Waals surface area contributed by atoms with E-state index in [-0.39, 0.29) is 60.4 Å². The molecule has 47 heavy (non-hydrogen) atoms. The average Bonchev–Trinajstić information content (AvgIpc) is 3.53. The molecule has 17 nitrogen and oxygen atoms in total. The van der Waals surface area contributed by atoms with Crippen molar-refractivity contribution in [1.29, 1.82) is 0 Å². The Hall–Kier alpha value is -3.26. The molecule has 2 aromatic rings. The number of H-pyrrole nitrogens is 1. The summed E-state index contributed by atoms with van der Waals surface area (Å²) < 4.78 is 42.4. The fraction of sp³-hybridized carbons (Fsp3) is 0.724. The van der Waals surface area contributed by atoms with Crippen LogP contribution in [-0.4, -0.2) is 109 Å². The molecular formula is C29H47N5O12Si. The summed E-state index contributed by atoms with van der Waals surface area (Å²) in [5, 5.41) is 12.8. The van der Waals surface area contributed by atoms with Crippen LogP contribution in [0.15, 0.2) is 11.1 Å². The Labute approximate surface area is 273 Å². The Morgan fingerprint density at radius 3 is 2.17 bits per heavy atom. The second-order valence-electron chi connectivity index (χ2n) is 12.8. The summed E-state index contributed by atoms with van der Waals surface area (Å²) in [7, 11) is -2.53. The van der Waals surface area contributed by atoms with Crippen LogP contribution in [0.1, 0.15) is 54.7 Å². The quantitative estimate of drug-likeness (QED) is 0.0996. The lowest BCUT2D eigenvalue weighted by Gasteiger charge is -2.40. The molecule has 18 heteroatoms. The molecule has 0 aromatic carbocycles. The van der Waals surface area contributed by atoms with Gasteiger partial charge in [0.2, 0.25) is 11.9 Å². The Morgan fingerprint density at radius 2 is 1.66 bits per heavy atom. The number of aliphatic hydroxyl groups excluding tert-OH is 1. The number of esters is 2. The van der Waals surface area contributed by atoms with Gasteiger partial charge in [-0.2, -0.15) is 4.98 Å². The predicted octanol–water partition coefficient (Wildman–Crippen LogP) is 1.82. The van der Waals surface area contributed by atoms with Crippen molar-refractivity contribution in [2.75, 3.05) is 38.4 Å². The van der Waals surface area contributed by atoms with Crippen LogP contribution in [0.25, 0.3) is 11.2 Å². The number of aromatic amines is 1. The van der Waals surface area contributed by atoms with Crippen LogP contribution in [0.4, 0.5) is 5.95 Å². The largest absolute Gasteiger partial charge is 0.463 e. The molecule has 3 rings (SSSR count). The number of fused-ring (bicyclic) bond motifs is 1. The van der Waals surface area contributed by atoms with Crippen LogP contribution in [0.5, 0.6) is 0 Å². The van der Waals surface area contributed by atoms with Gasteiger partial charge in [0.25, 0.3) is 12.0 Å². The standard InChI is InChI=1S/C29H47N5O12Si/c1-16(2)24(38)32-27-31-23-20(25(39)33-27)30-15-34(23)26-22(21(19(14-35)44-26)46-47(8,9)29(5,6)7)45-28(42-12-10-40-17(3)36)43-13-11-41-18(4)37/h15-16,19,21-22,26,28,35H,10-14H2,1-9H3,(H2,31,32,33,38,39)/t19-,21-,22-,26-/m1/s1. The molecule has 3 heterocycles. The van der Waals surface area contributed by atoms with Crippen molar-refractivity contribution < 1.29 is 52.3 Å². The predicted molar refractivity (Wildman–Crippen MR) is 169 cm³/mol. The first kappa shape index (κ1) is 38.2. The van der Waals surface area contributed by atoms with E-state index in [0.29, 0.717) is 0 Å². The Kier molecular flexibility index (Phi) is 13.2. The van der Waals surface area contributed by atoms with E-state index in [1.54, 1.807) is 13.8 Å². The third kappa shape index (κ3) is 10.1. The number of carbonyl (C=O) groups is 3. The van der Waals surface area contributed by atoms with E-state index in [2.05, 4.69) is 41.0 Å². The maximum atomic E-state index is 12.9. The molecule has 1 amide bonds. The molecule has 0 spiro atoms. The maximum absolute atomic E-state index is 12.9. The van der Waals surface area contributed by atoms with Crippen molar-refractivity contribution in [3.05, 3.63) is 16.7 Å². The number of anilines is 1. The number of aliphatic hydroxyl groups is 1. The number of nitrogens with one attached hydrogen (secondary N) is 2. The van der Waals surface area contributed by atoms with Gasteiger partial charge >= 0.3 is 11.9 Å². The number of nitrogens with zero attached hydrogens (tertiary/aromatic N) is 3. The van der Waals surface area contributed by atoms with E-state index in [0.717, 1.165) is 0 Å². The summed E-state index contributed by atoms with van der Waals surface area (Å²) in [6.07, 6.45) is -2.58. The molecule has 0 saturated carbocycles. The number of amides is 1. The SMILES string of the molecule is CC(=O)OCCOC(OCCOC(C)=O)O[C@@H]1[C@H](O[Si](C)(C)C(C)(C)C)[C@@H](CO)O[C@H]1n1cnc2c(=O)[nH]c(NC(=O)C(C)C)nc21. The molecule has 264 valence electrons. The highest BCUT2D eigenvalue weighted by molar-refractivity contribution is 6.74. The van der Waals surface area contributed by atoms with Crippen molar-refractivity contribution in [1.82, 2.24) is 19.5 Å². The van der Waals surface area contributed by atoms with E-state index < -0.39 is 63.4 Å². The van der Waals surface area contributed by atoms with Gasteiger partial charge in [-0.1, -0.05) is 34.6 Å². The normalized spacial score (nSPS) is 20.3. The molecule has 1 saturated heterocycles. The average molecular weight is 686 g/mol. The van der Waals surface area contributed by atoms with Crippen LogP contribution in [-0.2, 0) is 47.2 Å². The van der Waals surface area contributed by atoms with Gasteiger partial charge in [-0.05, 0) is 18.1 Å². The number of hydrogen-bond donors (Lipinski definition) is 3. The zero-order chi connectivity index (χ0) is 35.1. The summed E-state index contributed by atoms with van der Waals surface area (Å²) in [4.78, 5) is 59.1. The van der Waals surface area contributed by atoms with Crippen molar-refractivity contribution in [2.24, 2.45) is 5.92 Å². The smallest absolute Gasteiger partial charge is 0.302 e. The minimum atomic E-state index is -2.53. The summed E-state index contributed by atoms with van der Waals surface area (Å²) >= 11 is 0. The molecule has 0 aliphatic carbocycles. The molecule has 0 bridgehead atoms. The van der Waals surface area contributed by atoms with Gasteiger partial charge in [0.05, 0.1) is 26.1 Å². The van der Waals surface area contributed by atoms with Crippen molar-refractivity contribution >= 4 is 43.3 Å². The van der Waals surface area contributed by atoms with E-state index in [1.807, 2.05) is 13.1 Å². The highest BCUT2D eigenvalue weighted by Gasteiger charge is 2.52. The lowest BCUT2D eigenvalue weighted by Crippen LogP contribution is -2.51. The Bertz CT molecular complexity index is 1420. The Morgan fingerprint density at radius 1 is 1.06 bits per heavy atom. The molecule has 4 atom stereocenters. The first-order chi connectivity index (χ1) is 21.9. The van der Waals surface area contributed by atoms with Crippen molar-refractivity contribution in [2.45, 2.75) is 97.6 Å².